The van der Waals surface area contributed by atoms with Crippen LogP contribution in [0.2, 0.25) is 0 Å². The second-order valence-electron chi connectivity index (χ2n) is 10.8. The summed E-state index contributed by atoms with van der Waals surface area (Å²) in [6.45, 7) is 8.27. The van der Waals surface area contributed by atoms with Crippen molar-refractivity contribution in [1.29, 1.82) is 0 Å². The lowest BCUT2D eigenvalue weighted by molar-refractivity contribution is 1.19. The largest absolute Gasteiger partial charge is 0.258 e. The monoisotopic (exact) mass is 524 g/mol. The molecule has 7 aliphatic heterocycles. The molecular formula is C36H36N4. The molecule has 0 aromatic heterocycles. The summed E-state index contributed by atoms with van der Waals surface area (Å²) in [5, 5.41) is 0. The van der Waals surface area contributed by atoms with Gasteiger partial charge < -0.3 is 0 Å². The molecule has 0 saturated carbocycles. The van der Waals surface area contributed by atoms with Crippen molar-refractivity contribution in [3.05, 3.63) is 119 Å². The van der Waals surface area contributed by atoms with E-state index in [2.05, 4.69) is 125 Å². The highest BCUT2D eigenvalue weighted by atomic mass is 14.8. The van der Waals surface area contributed by atoms with E-state index in [-0.39, 0.29) is 0 Å². The van der Waals surface area contributed by atoms with Crippen LogP contribution in [0.4, 0.5) is 22.7 Å². The molecule has 4 nitrogen and oxygen atoms in total. The fraction of sp³-hybridized carbons (Fsp3) is 0.222. The summed E-state index contributed by atoms with van der Waals surface area (Å²) in [6, 6.07) is 34.1. The molecule has 11 rings (SSSR count). The summed E-state index contributed by atoms with van der Waals surface area (Å²) >= 11 is 0. The second kappa shape index (κ2) is 12.6. The van der Waals surface area contributed by atoms with E-state index in [0.29, 0.717) is 0 Å². The van der Waals surface area contributed by atoms with E-state index in [4.69, 9.17) is 20.0 Å². The molecule has 4 aromatic rings. The molecule has 0 radical (unpaired) electrons. The molecule has 7 heterocycles. The summed E-state index contributed by atoms with van der Waals surface area (Å²) in [5.74, 6) is 0. The summed E-state index contributed by atoms with van der Waals surface area (Å²) in [6.07, 6.45) is 3.24. The van der Waals surface area contributed by atoms with Gasteiger partial charge in [0.25, 0.3) is 0 Å². The SMILES string of the molecule is CC1=Nc2ccc(cc2)Cc2ccc(cc2)N=C(C)CC(C)=Nc2ccc(cc2)Cc2ccc(cc2)N=C(C)C1. The Kier molecular flexibility index (Phi) is 8.56. The van der Waals surface area contributed by atoms with Gasteiger partial charge in [0.05, 0.1) is 22.7 Å². The van der Waals surface area contributed by atoms with Gasteiger partial charge in [-0.05, 0) is 111 Å². The highest BCUT2D eigenvalue weighted by molar-refractivity contribution is 6.04. The molecule has 0 spiro atoms. The first-order chi connectivity index (χ1) is 19.4. The van der Waals surface area contributed by atoms with E-state index in [1.807, 2.05) is 0 Å². The number of nitrogens with zero attached hydrogens (tertiary/aromatic N) is 4. The quantitative estimate of drug-likeness (QED) is 0.220. The molecule has 7 aliphatic rings. The van der Waals surface area contributed by atoms with Crippen LogP contribution in [0.15, 0.2) is 117 Å². The average molecular weight is 525 g/mol. The Labute approximate surface area is 238 Å². The van der Waals surface area contributed by atoms with Crippen LogP contribution in [-0.4, -0.2) is 22.8 Å². The van der Waals surface area contributed by atoms with Gasteiger partial charge in [-0.25, -0.2) is 0 Å². The third kappa shape index (κ3) is 7.79. The third-order valence-electron chi connectivity index (χ3n) is 6.87. The Morgan fingerprint density at radius 1 is 0.300 bits per heavy atom. The number of hydrogen-bond donors (Lipinski definition) is 0. The molecule has 8 bridgehead atoms. The van der Waals surface area contributed by atoms with Crippen LogP contribution in [0.3, 0.4) is 0 Å². The Balaban J connectivity index is 1.42. The Morgan fingerprint density at radius 2 is 0.500 bits per heavy atom. The molecule has 0 N–H and O–H groups in total. The van der Waals surface area contributed by atoms with Crippen molar-refractivity contribution in [2.24, 2.45) is 20.0 Å². The second-order valence-corrected chi connectivity index (χ2v) is 10.8. The van der Waals surface area contributed by atoms with Crippen molar-refractivity contribution in [3.63, 3.8) is 0 Å². The number of rotatable bonds is 0. The van der Waals surface area contributed by atoms with Crippen molar-refractivity contribution in [1.82, 2.24) is 0 Å². The first-order valence-corrected chi connectivity index (χ1v) is 13.9. The van der Waals surface area contributed by atoms with Crippen LogP contribution in [0, 0.1) is 0 Å². The molecule has 0 amide bonds. The fourth-order valence-electron chi connectivity index (χ4n) is 5.00. The number of hydrogen-bond acceptors (Lipinski definition) is 4. The molecular weight excluding hydrogens is 488 g/mol. The van der Waals surface area contributed by atoms with Gasteiger partial charge in [0.1, 0.15) is 0 Å². The van der Waals surface area contributed by atoms with Crippen molar-refractivity contribution >= 4 is 45.6 Å². The zero-order valence-electron chi connectivity index (χ0n) is 23.9. The van der Waals surface area contributed by atoms with E-state index >= 15 is 0 Å². The lowest BCUT2D eigenvalue weighted by Crippen LogP contribution is -2.00. The van der Waals surface area contributed by atoms with Crippen molar-refractivity contribution in [2.45, 2.75) is 53.4 Å². The van der Waals surface area contributed by atoms with Crippen LogP contribution in [-0.2, 0) is 12.8 Å². The van der Waals surface area contributed by atoms with E-state index in [1.54, 1.807) is 0 Å². The predicted octanol–water partition coefficient (Wildman–Crippen LogP) is 9.73. The van der Waals surface area contributed by atoms with Crippen molar-refractivity contribution in [3.8, 4) is 0 Å². The van der Waals surface area contributed by atoms with E-state index in [1.165, 1.54) is 22.3 Å². The van der Waals surface area contributed by atoms with Gasteiger partial charge >= 0.3 is 0 Å². The van der Waals surface area contributed by atoms with Crippen LogP contribution < -0.4 is 0 Å². The first kappa shape index (κ1) is 27.1. The number of benzene rings is 4. The van der Waals surface area contributed by atoms with E-state index < -0.39 is 0 Å². The minimum atomic E-state index is 0.742. The molecule has 0 saturated heterocycles. The maximum absolute atomic E-state index is 4.83. The highest BCUT2D eigenvalue weighted by Crippen LogP contribution is 2.22. The van der Waals surface area contributed by atoms with Gasteiger partial charge in [-0.15, -0.1) is 0 Å². The topological polar surface area (TPSA) is 49.4 Å². The summed E-state index contributed by atoms with van der Waals surface area (Å²) < 4.78 is 0. The van der Waals surface area contributed by atoms with Crippen LogP contribution in [0.5, 0.6) is 0 Å². The maximum atomic E-state index is 4.83. The zero-order valence-corrected chi connectivity index (χ0v) is 23.9. The van der Waals surface area contributed by atoms with Gasteiger partial charge in [0.2, 0.25) is 0 Å². The lowest BCUT2D eigenvalue weighted by atomic mass is 10.0. The fourth-order valence-corrected chi connectivity index (χ4v) is 5.00. The molecule has 200 valence electrons. The average Bonchev–Trinajstić information content (AvgIpc) is 2.92. The normalized spacial score (nSPS) is 14.7. The van der Waals surface area contributed by atoms with Crippen LogP contribution in [0.1, 0.15) is 62.8 Å². The Hall–Kier alpha value is -4.44. The summed E-state index contributed by atoms with van der Waals surface area (Å²) in [5.41, 5.74) is 13.1. The number of aliphatic imine (C=N–C) groups is 4. The highest BCUT2D eigenvalue weighted by Gasteiger charge is 2.04. The third-order valence-corrected chi connectivity index (χ3v) is 6.87. The van der Waals surface area contributed by atoms with Gasteiger partial charge in [-0.3, -0.25) is 20.0 Å². The Bertz CT molecular complexity index is 1330. The molecule has 4 heteroatoms. The molecule has 0 aliphatic carbocycles. The zero-order chi connectivity index (χ0) is 27.9. The van der Waals surface area contributed by atoms with Crippen molar-refractivity contribution in [2.75, 3.05) is 0 Å². The van der Waals surface area contributed by atoms with E-state index in [9.17, 15) is 0 Å². The minimum absolute atomic E-state index is 0.742. The smallest absolute Gasteiger partial charge is 0.0629 e. The molecule has 0 atom stereocenters. The van der Waals surface area contributed by atoms with Gasteiger partial charge in [0.15, 0.2) is 0 Å². The predicted molar refractivity (Wildman–Crippen MR) is 172 cm³/mol. The standard InChI is InChI=1S/C36H36N4/c1-25-21-26(2)38-34-15-7-30(8-16-34)24-32-11-19-36(20-12-32)40-28(4)22-27(3)39-35-17-9-31(10-18-35)23-29-5-13-33(37-25)14-6-29/h5-20H,21-24H2,1-4H3. The van der Waals surface area contributed by atoms with Crippen molar-refractivity contribution < 1.29 is 0 Å². The molecule has 0 fully saturated rings. The van der Waals surface area contributed by atoms with Gasteiger partial charge in [-0.1, -0.05) is 48.5 Å². The molecule has 4 aromatic carbocycles. The van der Waals surface area contributed by atoms with E-state index in [0.717, 1.165) is 71.3 Å². The molecule has 40 heavy (non-hydrogen) atoms. The van der Waals surface area contributed by atoms with Gasteiger partial charge in [-0.2, -0.15) is 0 Å². The summed E-state index contributed by atoms with van der Waals surface area (Å²) in [4.78, 5) is 19.3. The Morgan fingerprint density at radius 3 is 0.700 bits per heavy atom. The first-order valence-electron chi connectivity index (χ1n) is 13.9. The minimum Gasteiger partial charge on any atom is -0.258 e. The van der Waals surface area contributed by atoms with Crippen LogP contribution in [0.25, 0.3) is 0 Å². The maximum Gasteiger partial charge on any atom is 0.0629 e. The summed E-state index contributed by atoms with van der Waals surface area (Å²) in [7, 11) is 0. The van der Waals surface area contributed by atoms with Gasteiger partial charge in [0, 0.05) is 35.7 Å². The lowest BCUT2D eigenvalue weighted by Gasteiger charge is -2.07. The van der Waals surface area contributed by atoms with Crippen LogP contribution >= 0.6 is 0 Å². The molecule has 0 unspecified atom stereocenters.